The lowest BCUT2D eigenvalue weighted by Gasteiger charge is -2.32. The highest BCUT2D eigenvalue weighted by Gasteiger charge is 2.41. The van der Waals surface area contributed by atoms with Crippen molar-refractivity contribution in [3.8, 4) is 0 Å². The minimum Gasteiger partial charge on any atom is -0.372 e. The van der Waals surface area contributed by atoms with Crippen LogP contribution in [0.1, 0.15) is 30.4 Å². The molecular weight excluding hydrogens is 274 g/mol. The van der Waals surface area contributed by atoms with E-state index in [2.05, 4.69) is 11.4 Å². The Hall–Kier alpha value is -0.610. The average Bonchev–Trinajstić information content (AvgIpc) is 2.82. The summed E-state index contributed by atoms with van der Waals surface area (Å²) in [5, 5.41) is 4.18. The van der Waals surface area contributed by atoms with Crippen molar-refractivity contribution in [1.29, 1.82) is 0 Å². The summed E-state index contributed by atoms with van der Waals surface area (Å²) >= 11 is 6.24. The lowest BCUT2D eigenvalue weighted by molar-refractivity contribution is -0.0240. The van der Waals surface area contributed by atoms with E-state index in [1.807, 2.05) is 19.1 Å². The Kier molecular flexibility index (Phi) is 4.32. The highest BCUT2D eigenvalue weighted by Crippen LogP contribution is 2.35. The third kappa shape index (κ3) is 3.17. The first-order valence-electron chi connectivity index (χ1n) is 7.38. The third-order valence-electron chi connectivity index (χ3n) is 4.37. The summed E-state index contributed by atoms with van der Waals surface area (Å²) in [6.45, 7) is 5.43. The monoisotopic (exact) mass is 295 g/mol. The van der Waals surface area contributed by atoms with Gasteiger partial charge < -0.3 is 14.8 Å². The van der Waals surface area contributed by atoms with Crippen LogP contribution in [0.4, 0.5) is 0 Å². The van der Waals surface area contributed by atoms with Crippen LogP contribution in [0.25, 0.3) is 0 Å². The van der Waals surface area contributed by atoms with Crippen molar-refractivity contribution in [2.75, 3.05) is 19.7 Å². The van der Waals surface area contributed by atoms with Crippen LogP contribution in [0.2, 0.25) is 5.02 Å². The molecule has 110 valence electrons. The molecule has 20 heavy (non-hydrogen) atoms. The minimum atomic E-state index is 0.0625. The van der Waals surface area contributed by atoms with E-state index in [-0.39, 0.29) is 11.7 Å². The highest BCUT2D eigenvalue weighted by atomic mass is 35.5. The van der Waals surface area contributed by atoms with Crippen LogP contribution < -0.4 is 5.32 Å². The van der Waals surface area contributed by atoms with Crippen LogP contribution in [0, 0.1) is 6.92 Å². The maximum atomic E-state index is 6.24. The number of piperidine rings is 1. The van der Waals surface area contributed by atoms with Crippen molar-refractivity contribution in [1.82, 2.24) is 5.32 Å². The summed E-state index contributed by atoms with van der Waals surface area (Å²) in [6, 6.07) is 6.11. The maximum absolute atomic E-state index is 6.24. The van der Waals surface area contributed by atoms with E-state index in [1.165, 1.54) is 5.56 Å². The molecule has 0 saturated carbocycles. The Morgan fingerprint density at radius 1 is 1.40 bits per heavy atom. The molecule has 2 aliphatic rings. The number of hydrogen-bond acceptors (Lipinski definition) is 3. The van der Waals surface area contributed by atoms with Crippen molar-refractivity contribution in [3.05, 3.63) is 34.3 Å². The third-order valence-corrected chi connectivity index (χ3v) is 4.72. The molecule has 2 heterocycles. The number of hydrogen-bond donors (Lipinski definition) is 1. The van der Waals surface area contributed by atoms with Crippen LogP contribution in [0.3, 0.4) is 0 Å². The molecule has 0 radical (unpaired) electrons. The van der Waals surface area contributed by atoms with E-state index < -0.39 is 0 Å². The van der Waals surface area contributed by atoms with Crippen molar-refractivity contribution < 1.29 is 9.47 Å². The van der Waals surface area contributed by atoms with Gasteiger partial charge in [-0.2, -0.15) is 0 Å². The lowest BCUT2D eigenvalue weighted by Crippen LogP contribution is -2.41. The van der Waals surface area contributed by atoms with Crippen LogP contribution in [0.5, 0.6) is 0 Å². The zero-order chi connectivity index (χ0) is 14.0. The van der Waals surface area contributed by atoms with Crippen LogP contribution in [-0.2, 0) is 16.1 Å². The van der Waals surface area contributed by atoms with Gasteiger partial charge >= 0.3 is 0 Å². The predicted octanol–water partition coefficient (Wildman–Crippen LogP) is 3.08. The molecule has 0 aliphatic carbocycles. The quantitative estimate of drug-likeness (QED) is 0.929. The van der Waals surface area contributed by atoms with Crippen molar-refractivity contribution in [3.63, 3.8) is 0 Å². The van der Waals surface area contributed by atoms with Crippen molar-refractivity contribution >= 4 is 11.6 Å². The van der Waals surface area contributed by atoms with Gasteiger partial charge in [0.1, 0.15) is 0 Å². The van der Waals surface area contributed by atoms with E-state index in [9.17, 15) is 0 Å². The molecule has 0 amide bonds. The molecule has 0 bridgehead atoms. The van der Waals surface area contributed by atoms with E-state index >= 15 is 0 Å². The van der Waals surface area contributed by atoms with Crippen LogP contribution in [0.15, 0.2) is 18.2 Å². The minimum absolute atomic E-state index is 0.0625. The van der Waals surface area contributed by atoms with Gasteiger partial charge in [-0.1, -0.05) is 23.7 Å². The standard InChI is InChI=1S/C16H22ClNO2/c1-12-2-3-13(15(17)8-12)10-19-14-9-16(20-11-14)4-6-18-7-5-16/h2-3,8,14,18H,4-7,9-11H2,1H3. The van der Waals surface area contributed by atoms with Gasteiger partial charge in [0.05, 0.1) is 24.9 Å². The van der Waals surface area contributed by atoms with Crippen LogP contribution >= 0.6 is 11.6 Å². The first kappa shape index (κ1) is 14.3. The van der Waals surface area contributed by atoms with E-state index in [4.69, 9.17) is 21.1 Å². The maximum Gasteiger partial charge on any atom is 0.0840 e. The number of rotatable bonds is 3. The first-order valence-corrected chi connectivity index (χ1v) is 7.76. The van der Waals surface area contributed by atoms with E-state index in [0.29, 0.717) is 13.2 Å². The first-order chi connectivity index (χ1) is 9.67. The molecule has 3 rings (SSSR count). The predicted molar refractivity (Wildman–Crippen MR) is 80.2 cm³/mol. The van der Waals surface area contributed by atoms with E-state index in [1.54, 1.807) is 0 Å². The van der Waals surface area contributed by atoms with Gasteiger partial charge in [0.15, 0.2) is 0 Å². The van der Waals surface area contributed by atoms with Gasteiger partial charge in [-0.15, -0.1) is 0 Å². The molecule has 1 unspecified atom stereocenters. The fourth-order valence-electron chi connectivity index (χ4n) is 3.12. The molecule has 0 aromatic heterocycles. The second-order valence-corrected chi connectivity index (χ2v) is 6.38. The lowest BCUT2D eigenvalue weighted by atomic mass is 9.89. The van der Waals surface area contributed by atoms with Gasteiger partial charge in [-0.25, -0.2) is 0 Å². The second-order valence-electron chi connectivity index (χ2n) is 5.98. The molecular formula is C16H22ClNO2. The number of aryl methyl sites for hydroxylation is 1. The number of ether oxygens (including phenoxy) is 2. The Morgan fingerprint density at radius 2 is 2.20 bits per heavy atom. The molecule has 2 aliphatic heterocycles. The van der Waals surface area contributed by atoms with Gasteiger partial charge in [-0.3, -0.25) is 0 Å². The Morgan fingerprint density at radius 3 is 2.95 bits per heavy atom. The normalized spacial score (nSPS) is 25.2. The Labute approximate surface area is 125 Å². The molecule has 2 saturated heterocycles. The molecule has 2 fully saturated rings. The van der Waals surface area contributed by atoms with Gasteiger partial charge in [0, 0.05) is 11.4 Å². The summed E-state index contributed by atoms with van der Waals surface area (Å²) in [5.41, 5.74) is 2.30. The number of halogens is 1. The zero-order valence-corrected chi connectivity index (χ0v) is 12.7. The number of benzene rings is 1. The van der Waals surface area contributed by atoms with Crippen LogP contribution in [-0.4, -0.2) is 31.4 Å². The summed E-state index contributed by atoms with van der Waals surface area (Å²) in [7, 11) is 0. The summed E-state index contributed by atoms with van der Waals surface area (Å²) in [4.78, 5) is 0. The van der Waals surface area contributed by atoms with Crippen molar-refractivity contribution in [2.45, 2.75) is 44.5 Å². The van der Waals surface area contributed by atoms with E-state index in [0.717, 1.165) is 42.9 Å². The molecule has 1 N–H and O–H groups in total. The number of nitrogens with one attached hydrogen (secondary N) is 1. The second kappa shape index (κ2) is 6.02. The molecule has 1 aromatic rings. The fourth-order valence-corrected chi connectivity index (χ4v) is 3.41. The molecule has 3 nitrogen and oxygen atoms in total. The largest absolute Gasteiger partial charge is 0.372 e. The molecule has 4 heteroatoms. The Bertz CT molecular complexity index is 472. The summed E-state index contributed by atoms with van der Waals surface area (Å²) in [6.07, 6.45) is 3.40. The summed E-state index contributed by atoms with van der Waals surface area (Å²) in [5.74, 6) is 0. The highest BCUT2D eigenvalue weighted by molar-refractivity contribution is 6.31. The van der Waals surface area contributed by atoms with Gasteiger partial charge in [0.25, 0.3) is 0 Å². The SMILES string of the molecule is Cc1ccc(COC2COC3(CCNCC3)C2)c(Cl)c1. The average molecular weight is 296 g/mol. The molecule has 1 aromatic carbocycles. The topological polar surface area (TPSA) is 30.5 Å². The Balaban J connectivity index is 1.54. The molecule has 1 atom stereocenters. The van der Waals surface area contributed by atoms with Gasteiger partial charge in [-0.05, 0) is 50.0 Å². The van der Waals surface area contributed by atoms with Crippen molar-refractivity contribution in [2.24, 2.45) is 0 Å². The molecule has 1 spiro atoms. The fraction of sp³-hybridized carbons (Fsp3) is 0.625. The zero-order valence-electron chi connectivity index (χ0n) is 12.0. The van der Waals surface area contributed by atoms with Gasteiger partial charge in [0.2, 0.25) is 0 Å². The smallest absolute Gasteiger partial charge is 0.0840 e. The summed E-state index contributed by atoms with van der Waals surface area (Å²) < 4.78 is 12.0.